The van der Waals surface area contributed by atoms with Crippen molar-refractivity contribution in [3.63, 3.8) is 0 Å². The maximum Gasteiger partial charge on any atom is 0.320 e. The number of carbonyl (C=O) groups is 2. The van der Waals surface area contributed by atoms with Gasteiger partial charge in [0.15, 0.2) is 0 Å². The van der Waals surface area contributed by atoms with Gasteiger partial charge in [0, 0.05) is 5.69 Å². The SMILES string of the molecule is C=CC(=O)Nc1ccc(C[C@H](N)C(=O)O)cc1. The molecule has 4 N–H and O–H groups in total. The van der Waals surface area contributed by atoms with E-state index in [9.17, 15) is 9.59 Å². The average Bonchev–Trinajstić information content (AvgIpc) is 2.31. The van der Waals surface area contributed by atoms with Crippen molar-refractivity contribution in [2.45, 2.75) is 12.5 Å². The standard InChI is InChI=1S/C12H14N2O3/c1-2-11(15)14-9-5-3-8(4-6-9)7-10(13)12(16)17/h2-6,10H,1,7,13H2,(H,14,15)(H,16,17)/t10-/m0/s1. The van der Waals surface area contributed by atoms with Crippen LogP contribution in [0.3, 0.4) is 0 Å². The van der Waals surface area contributed by atoms with Crippen molar-refractivity contribution in [3.05, 3.63) is 42.5 Å². The second-order valence-corrected chi connectivity index (χ2v) is 3.54. The van der Waals surface area contributed by atoms with Crippen LogP contribution in [0.15, 0.2) is 36.9 Å². The minimum absolute atomic E-state index is 0.255. The van der Waals surface area contributed by atoms with Crippen LogP contribution in [0.2, 0.25) is 0 Å². The summed E-state index contributed by atoms with van der Waals surface area (Å²) in [5.74, 6) is -1.32. The Hall–Kier alpha value is -2.14. The van der Waals surface area contributed by atoms with E-state index >= 15 is 0 Å². The summed E-state index contributed by atoms with van der Waals surface area (Å²) in [5, 5.41) is 11.2. The zero-order valence-corrected chi connectivity index (χ0v) is 9.22. The highest BCUT2D eigenvalue weighted by molar-refractivity contribution is 5.98. The van der Waals surface area contributed by atoms with Crippen molar-refractivity contribution in [2.24, 2.45) is 5.73 Å². The average molecular weight is 234 g/mol. The zero-order valence-electron chi connectivity index (χ0n) is 9.22. The molecule has 0 fully saturated rings. The number of benzene rings is 1. The van der Waals surface area contributed by atoms with E-state index < -0.39 is 12.0 Å². The van der Waals surface area contributed by atoms with Crippen molar-refractivity contribution >= 4 is 17.6 Å². The molecule has 0 aliphatic heterocycles. The molecule has 0 unspecified atom stereocenters. The molecule has 5 heteroatoms. The number of nitrogens with two attached hydrogens (primary N) is 1. The van der Waals surface area contributed by atoms with E-state index in [1.54, 1.807) is 24.3 Å². The third-order valence-electron chi connectivity index (χ3n) is 2.18. The Balaban J connectivity index is 2.64. The van der Waals surface area contributed by atoms with Crippen LogP contribution in [0.1, 0.15) is 5.56 Å². The highest BCUT2D eigenvalue weighted by Gasteiger charge is 2.11. The predicted octanol–water partition coefficient (Wildman–Crippen LogP) is 0.765. The monoisotopic (exact) mass is 234 g/mol. The Morgan fingerprint density at radius 2 is 2.00 bits per heavy atom. The van der Waals surface area contributed by atoms with Crippen LogP contribution < -0.4 is 11.1 Å². The lowest BCUT2D eigenvalue weighted by Crippen LogP contribution is -2.32. The van der Waals surface area contributed by atoms with Gasteiger partial charge in [0.05, 0.1) is 0 Å². The molecule has 1 rings (SSSR count). The van der Waals surface area contributed by atoms with Crippen LogP contribution in [0.5, 0.6) is 0 Å². The molecular weight excluding hydrogens is 220 g/mol. The van der Waals surface area contributed by atoms with Gasteiger partial charge in [0.2, 0.25) is 5.91 Å². The molecule has 0 aliphatic rings. The first kappa shape index (κ1) is 12.9. The molecule has 0 aromatic heterocycles. The largest absolute Gasteiger partial charge is 0.480 e. The van der Waals surface area contributed by atoms with E-state index in [1.165, 1.54) is 6.08 Å². The first-order valence-electron chi connectivity index (χ1n) is 5.03. The lowest BCUT2D eigenvalue weighted by atomic mass is 10.1. The molecular formula is C12H14N2O3. The normalized spacial score (nSPS) is 11.6. The van der Waals surface area contributed by atoms with Gasteiger partial charge in [-0.3, -0.25) is 9.59 Å². The molecule has 5 nitrogen and oxygen atoms in total. The van der Waals surface area contributed by atoms with Crippen LogP contribution in [0, 0.1) is 0 Å². The van der Waals surface area contributed by atoms with Gasteiger partial charge in [-0.05, 0) is 30.2 Å². The number of aliphatic carboxylic acids is 1. The van der Waals surface area contributed by atoms with Gasteiger partial charge in [-0.2, -0.15) is 0 Å². The Morgan fingerprint density at radius 1 is 1.41 bits per heavy atom. The number of amides is 1. The Kier molecular flexibility index (Phi) is 4.42. The lowest BCUT2D eigenvalue weighted by Gasteiger charge is -2.07. The van der Waals surface area contributed by atoms with Gasteiger partial charge in [0.1, 0.15) is 6.04 Å². The molecule has 0 aliphatic carbocycles. The van der Waals surface area contributed by atoms with Gasteiger partial charge in [-0.1, -0.05) is 18.7 Å². The maximum atomic E-state index is 11.0. The van der Waals surface area contributed by atoms with Crippen LogP contribution in [-0.4, -0.2) is 23.0 Å². The van der Waals surface area contributed by atoms with Crippen molar-refractivity contribution in [1.29, 1.82) is 0 Å². The molecule has 0 radical (unpaired) electrons. The molecule has 1 amide bonds. The highest BCUT2D eigenvalue weighted by atomic mass is 16.4. The summed E-state index contributed by atoms with van der Waals surface area (Å²) in [7, 11) is 0. The highest BCUT2D eigenvalue weighted by Crippen LogP contribution is 2.10. The third kappa shape index (κ3) is 4.08. The van der Waals surface area contributed by atoms with Crippen LogP contribution >= 0.6 is 0 Å². The number of hydrogen-bond acceptors (Lipinski definition) is 3. The number of anilines is 1. The molecule has 0 saturated heterocycles. The maximum absolute atomic E-state index is 11.0. The quantitative estimate of drug-likeness (QED) is 0.656. The minimum atomic E-state index is -1.03. The van der Waals surface area contributed by atoms with E-state index in [2.05, 4.69) is 11.9 Å². The van der Waals surface area contributed by atoms with Gasteiger partial charge in [0.25, 0.3) is 0 Å². The molecule has 0 bridgehead atoms. The van der Waals surface area contributed by atoms with E-state index in [0.717, 1.165) is 5.56 Å². The summed E-state index contributed by atoms with van der Waals surface area (Å²) in [4.78, 5) is 21.6. The second kappa shape index (κ2) is 5.81. The fourth-order valence-electron chi connectivity index (χ4n) is 1.26. The summed E-state index contributed by atoms with van der Waals surface area (Å²) < 4.78 is 0. The molecule has 0 saturated carbocycles. The van der Waals surface area contributed by atoms with Crippen molar-refractivity contribution in [1.82, 2.24) is 0 Å². The second-order valence-electron chi connectivity index (χ2n) is 3.54. The first-order valence-corrected chi connectivity index (χ1v) is 5.03. The summed E-state index contributed by atoms with van der Waals surface area (Å²) >= 11 is 0. The molecule has 0 heterocycles. The van der Waals surface area contributed by atoms with Crippen LogP contribution in [-0.2, 0) is 16.0 Å². The summed E-state index contributed by atoms with van der Waals surface area (Å²) in [6.45, 7) is 3.34. The smallest absolute Gasteiger partial charge is 0.320 e. The zero-order chi connectivity index (χ0) is 12.8. The molecule has 1 aromatic carbocycles. The molecule has 1 aromatic rings. The summed E-state index contributed by atoms with van der Waals surface area (Å²) in [5.41, 5.74) is 6.84. The third-order valence-corrected chi connectivity index (χ3v) is 2.18. The fourth-order valence-corrected chi connectivity index (χ4v) is 1.26. The van der Waals surface area contributed by atoms with Crippen molar-refractivity contribution in [3.8, 4) is 0 Å². The minimum Gasteiger partial charge on any atom is -0.480 e. The lowest BCUT2D eigenvalue weighted by molar-refractivity contribution is -0.138. The number of carboxylic acids is 1. The van der Waals surface area contributed by atoms with Crippen molar-refractivity contribution < 1.29 is 14.7 Å². The van der Waals surface area contributed by atoms with Crippen LogP contribution in [0.25, 0.3) is 0 Å². The van der Waals surface area contributed by atoms with Gasteiger partial charge in [-0.15, -0.1) is 0 Å². The molecule has 90 valence electrons. The Labute approximate surface area is 98.9 Å². The van der Waals surface area contributed by atoms with E-state index in [4.69, 9.17) is 10.8 Å². The number of nitrogens with one attached hydrogen (secondary N) is 1. The summed E-state index contributed by atoms with van der Waals surface area (Å²) in [6.07, 6.45) is 1.43. The van der Waals surface area contributed by atoms with E-state index in [-0.39, 0.29) is 12.3 Å². The molecule has 1 atom stereocenters. The van der Waals surface area contributed by atoms with Gasteiger partial charge < -0.3 is 16.2 Å². The van der Waals surface area contributed by atoms with E-state index in [0.29, 0.717) is 5.69 Å². The number of carbonyl (C=O) groups excluding carboxylic acids is 1. The molecule has 17 heavy (non-hydrogen) atoms. The number of rotatable bonds is 5. The van der Waals surface area contributed by atoms with Crippen LogP contribution in [0.4, 0.5) is 5.69 Å². The Bertz CT molecular complexity index is 426. The topological polar surface area (TPSA) is 92.4 Å². The number of carboxylic acid groups (broad SMARTS) is 1. The summed E-state index contributed by atoms with van der Waals surface area (Å²) in [6, 6.07) is 5.91. The van der Waals surface area contributed by atoms with Gasteiger partial charge >= 0.3 is 5.97 Å². The fraction of sp³-hybridized carbons (Fsp3) is 0.167. The molecule has 0 spiro atoms. The number of hydrogen-bond donors (Lipinski definition) is 3. The first-order chi connectivity index (χ1) is 8.02. The predicted molar refractivity (Wildman–Crippen MR) is 64.6 cm³/mol. The Morgan fingerprint density at radius 3 is 2.47 bits per heavy atom. The van der Waals surface area contributed by atoms with Gasteiger partial charge in [-0.25, -0.2) is 0 Å². The van der Waals surface area contributed by atoms with Crippen molar-refractivity contribution in [2.75, 3.05) is 5.32 Å². The van der Waals surface area contributed by atoms with E-state index in [1.807, 2.05) is 0 Å².